The van der Waals surface area contributed by atoms with Crippen molar-refractivity contribution in [2.45, 2.75) is 44.4 Å². The van der Waals surface area contributed by atoms with E-state index in [0.29, 0.717) is 12.3 Å². The molecule has 3 aromatic carbocycles. The van der Waals surface area contributed by atoms with Gasteiger partial charge in [0.2, 0.25) is 5.91 Å². The number of carbonyl (C=O) groups excluding carboxylic acids is 2. The number of rotatable bonds is 10. The first-order valence-corrected chi connectivity index (χ1v) is 13.4. The van der Waals surface area contributed by atoms with Gasteiger partial charge in [0.15, 0.2) is 0 Å². The first-order valence-electron chi connectivity index (χ1n) is 13.4. The van der Waals surface area contributed by atoms with Gasteiger partial charge in [-0.15, -0.1) is 0 Å². The Labute approximate surface area is 234 Å². The summed E-state index contributed by atoms with van der Waals surface area (Å²) in [6.45, 7) is 4.42. The SMILES string of the molecule is CC(C)c1cccc(N(C)C[C@@H](O)[C@H](Cc2ccccc2)N(C)C(=O)[C@@H]2CN(c3cc(F)cc(F)c3)C(=O)N2)c1. The lowest BCUT2D eigenvalue weighted by atomic mass is 9.98. The van der Waals surface area contributed by atoms with Crippen LogP contribution in [0.4, 0.5) is 25.0 Å². The number of nitrogens with zero attached hydrogens (tertiary/aromatic N) is 3. The molecule has 0 saturated carbocycles. The molecule has 3 aromatic rings. The number of halogens is 2. The zero-order valence-corrected chi connectivity index (χ0v) is 23.2. The lowest BCUT2D eigenvalue weighted by molar-refractivity contribution is -0.135. The average Bonchev–Trinajstić information content (AvgIpc) is 3.32. The summed E-state index contributed by atoms with van der Waals surface area (Å²) < 4.78 is 27.6. The molecule has 9 heteroatoms. The van der Waals surface area contributed by atoms with Crippen LogP contribution in [0, 0.1) is 11.6 Å². The molecule has 3 amide bonds. The minimum absolute atomic E-state index is 0.0269. The number of aliphatic hydroxyl groups is 1. The number of aliphatic hydroxyl groups excluding tert-OH is 1. The summed E-state index contributed by atoms with van der Waals surface area (Å²) in [6.07, 6.45) is -0.531. The highest BCUT2D eigenvalue weighted by molar-refractivity contribution is 6.00. The van der Waals surface area contributed by atoms with Gasteiger partial charge in [-0.2, -0.15) is 0 Å². The molecule has 3 atom stereocenters. The zero-order chi connectivity index (χ0) is 29.0. The van der Waals surface area contributed by atoms with Crippen molar-refractivity contribution in [3.05, 3.63) is 95.6 Å². The Hall–Kier alpha value is -3.98. The summed E-state index contributed by atoms with van der Waals surface area (Å²) in [6, 6.07) is 18.3. The Bertz CT molecular complexity index is 1320. The highest BCUT2D eigenvalue weighted by atomic mass is 19.1. The van der Waals surface area contributed by atoms with Crippen molar-refractivity contribution in [3.8, 4) is 0 Å². The van der Waals surface area contributed by atoms with Crippen LogP contribution in [0.1, 0.15) is 30.9 Å². The minimum atomic E-state index is -0.949. The summed E-state index contributed by atoms with van der Waals surface area (Å²) in [7, 11) is 3.51. The highest BCUT2D eigenvalue weighted by Gasteiger charge is 2.39. The number of amides is 3. The van der Waals surface area contributed by atoms with Crippen molar-refractivity contribution in [1.29, 1.82) is 0 Å². The molecule has 2 N–H and O–H groups in total. The summed E-state index contributed by atoms with van der Waals surface area (Å²) >= 11 is 0. The lowest BCUT2D eigenvalue weighted by Crippen LogP contribution is -2.54. The smallest absolute Gasteiger partial charge is 0.322 e. The molecular formula is C31H36F2N4O3. The molecule has 4 rings (SSSR count). The van der Waals surface area contributed by atoms with Gasteiger partial charge in [-0.25, -0.2) is 13.6 Å². The van der Waals surface area contributed by atoms with Crippen LogP contribution in [0.15, 0.2) is 72.8 Å². The molecule has 1 saturated heterocycles. The van der Waals surface area contributed by atoms with Crippen LogP contribution < -0.4 is 15.1 Å². The Morgan fingerprint density at radius 1 is 1.02 bits per heavy atom. The van der Waals surface area contributed by atoms with E-state index in [1.165, 1.54) is 10.5 Å². The molecule has 40 heavy (non-hydrogen) atoms. The van der Waals surface area contributed by atoms with Crippen molar-refractivity contribution >= 4 is 23.3 Å². The molecule has 1 heterocycles. The molecule has 212 valence electrons. The van der Waals surface area contributed by atoms with E-state index in [9.17, 15) is 23.5 Å². The normalized spacial score (nSPS) is 16.6. The number of hydrogen-bond acceptors (Lipinski definition) is 4. The van der Waals surface area contributed by atoms with Crippen molar-refractivity contribution in [3.63, 3.8) is 0 Å². The number of carbonyl (C=O) groups is 2. The Morgan fingerprint density at radius 2 is 1.70 bits per heavy atom. The third-order valence-corrected chi connectivity index (χ3v) is 7.38. The molecule has 0 unspecified atom stereocenters. The van der Waals surface area contributed by atoms with Crippen molar-refractivity contribution in [1.82, 2.24) is 10.2 Å². The first-order chi connectivity index (χ1) is 19.0. The van der Waals surface area contributed by atoms with Crippen molar-refractivity contribution in [2.75, 3.05) is 37.0 Å². The van der Waals surface area contributed by atoms with Gasteiger partial charge in [-0.05, 0) is 47.7 Å². The van der Waals surface area contributed by atoms with Crippen LogP contribution in [0.3, 0.4) is 0 Å². The molecule has 0 aliphatic carbocycles. The fraction of sp³-hybridized carbons (Fsp3) is 0.355. The second-order valence-electron chi connectivity index (χ2n) is 10.6. The van der Waals surface area contributed by atoms with E-state index in [2.05, 4.69) is 31.3 Å². The molecule has 0 bridgehead atoms. The van der Waals surface area contributed by atoms with Crippen molar-refractivity contribution < 1.29 is 23.5 Å². The third-order valence-electron chi connectivity index (χ3n) is 7.38. The molecule has 1 aliphatic heterocycles. The summed E-state index contributed by atoms with van der Waals surface area (Å²) in [5.74, 6) is -1.68. The van der Waals surface area contributed by atoms with Crippen LogP contribution in [0.5, 0.6) is 0 Å². The zero-order valence-electron chi connectivity index (χ0n) is 23.2. The van der Waals surface area contributed by atoms with Crippen LogP contribution in [0.25, 0.3) is 0 Å². The van der Waals surface area contributed by atoms with E-state index in [1.807, 2.05) is 54.4 Å². The predicted molar refractivity (Wildman–Crippen MR) is 153 cm³/mol. The molecular weight excluding hydrogens is 514 g/mol. The number of anilines is 2. The van der Waals surface area contributed by atoms with Gasteiger partial charge in [0.25, 0.3) is 0 Å². The molecule has 0 radical (unpaired) electrons. The fourth-order valence-electron chi connectivity index (χ4n) is 5.02. The van der Waals surface area contributed by atoms with Gasteiger partial charge in [0.05, 0.1) is 24.4 Å². The second kappa shape index (κ2) is 12.5. The average molecular weight is 551 g/mol. The molecule has 7 nitrogen and oxygen atoms in total. The Balaban J connectivity index is 1.53. The lowest BCUT2D eigenvalue weighted by Gasteiger charge is -2.35. The van der Waals surface area contributed by atoms with Crippen LogP contribution >= 0.6 is 0 Å². The third kappa shape index (κ3) is 6.77. The van der Waals surface area contributed by atoms with Gasteiger partial charge in [-0.1, -0.05) is 56.3 Å². The maximum atomic E-state index is 13.8. The molecule has 1 fully saturated rings. The number of benzene rings is 3. The predicted octanol–water partition coefficient (Wildman–Crippen LogP) is 4.55. The minimum Gasteiger partial charge on any atom is -0.389 e. The maximum absolute atomic E-state index is 13.8. The largest absolute Gasteiger partial charge is 0.389 e. The highest BCUT2D eigenvalue weighted by Crippen LogP contribution is 2.24. The van der Waals surface area contributed by atoms with E-state index < -0.39 is 41.8 Å². The Kier molecular flexibility index (Phi) is 9.04. The van der Waals surface area contributed by atoms with E-state index in [-0.39, 0.29) is 18.8 Å². The number of hydrogen-bond donors (Lipinski definition) is 2. The van der Waals surface area contributed by atoms with E-state index in [4.69, 9.17) is 0 Å². The topological polar surface area (TPSA) is 76.1 Å². The van der Waals surface area contributed by atoms with Crippen molar-refractivity contribution in [2.24, 2.45) is 0 Å². The standard InChI is InChI=1S/C31H36F2N4O3/c1-20(2)22-11-8-12-25(14-22)35(3)19-29(38)28(13-21-9-6-5-7-10-21)36(4)30(39)27-18-37(31(40)34-27)26-16-23(32)15-24(33)17-26/h5-12,14-17,20,27-29,38H,13,18-19H2,1-4H3,(H,34,40)/t27-,28-,29+/m0/s1. The monoisotopic (exact) mass is 550 g/mol. The number of urea groups is 1. The number of nitrogens with one attached hydrogen (secondary N) is 1. The van der Waals surface area contributed by atoms with Gasteiger partial charge in [0, 0.05) is 32.4 Å². The molecule has 1 aliphatic rings. The van der Waals surface area contributed by atoms with Crippen LogP contribution in [-0.2, 0) is 11.2 Å². The van der Waals surface area contributed by atoms with Gasteiger partial charge in [-0.3, -0.25) is 9.69 Å². The maximum Gasteiger partial charge on any atom is 0.322 e. The quantitative estimate of drug-likeness (QED) is 0.388. The molecule has 0 aromatic heterocycles. The van der Waals surface area contributed by atoms with E-state index in [0.717, 1.165) is 34.3 Å². The fourth-order valence-corrected chi connectivity index (χ4v) is 5.02. The van der Waals surface area contributed by atoms with Crippen LogP contribution in [-0.4, -0.2) is 67.3 Å². The molecule has 0 spiro atoms. The van der Waals surface area contributed by atoms with Crippen LogP contribution in [0.2, 0.25) is 0 Å². The van der Waals surface area contributed by atoms with Gasteiger partial charge in [0.1, 0.15) is 17.7 Å². The van der Waals surface area contributed by atoms with Gasteiger partial charge < -0.3 is 20.2 Å². The summed E-state index contributed by atoms with van der Waals surface area (Å²) in [5.41, 5.74) is 3.12. The summed E-state index contributed by atoms with van der Waals surface area (Å²) in [5, 5.41) is 14.1. The van der Waals surface area contributed by atoms with Gasteiger partial charge >= 0.3 is 6.03 Å². The van der Waals surface area contributed by atoms with E-state index in [1.54, 1.807) is 7.05 Å². The van der Waals surface area contributed by atoms with E-state index >= 15 is 0 Å². The second-order valence-corrected chi connectivity index (χ2v) is 10.6. The Morgan fingerprint density at radius 3 is 2.35 bits per heavy atom. The summed E-state index contributed by atoms with van der Waals surface area (Å²) in [4.78, 5) is 30.8. The first kappa shape index (κ1) is 29.0. The number of likely N-dealkylation sites (N-methyl/N-ethyl adjacent to an activating group) is 2.